The van der Waals surface area contributed by atoms with Crippen LogP contribution < -0.4 is 5.73 Å². The fourth-order valence-corrected chi connectivity index (χ4v) is 1.56. The van der Waals surface area contributed by atoms with Gasteiger partial charge in [0.15, 0.2) is 0 Å². The zero-order valence-corrected chi connectivity index (χ0v) is 8.16. The number of hydrogen-bond donors (Lipinski definition) is 2. The van der Waals surface area contributed by atoms with Crippen molar-refractivity contribution in [1.29, 1.82) is 0 Å². The largest absolute Gasteiger partial charge is 0.382 e. The zero-order chi connectivity index (χ0) is 10.1. The summed E-state index contributed by atoms with van der Waals surface area (Å²) >= 11 is 0. The average Bonchev–Trinajstić information content (AvgIpc) is 2.90. The molecule has 1 amide bonds. The van der Waals surface area contributed by atoms with E-state index >= 15 is 0 Å². The SMILES string of the molecule is CCN(C(=O)c1cc(N)n[nH]1)C1CC1. The van der Waals surface area contributed by atoms with Gasteiger partial charge in [0.05, 0.1) is 0 Å². The third kappa shape index (κ3) is 1.57. The second-order valence-electron chi connectivity index (χ2n) is 3.53. The number of nitrogen functional groups attached to an aromatic ring is 1. The number of carbonyl (C=O) groups is 1. The van der Waals surface area contributed by atoms with Crippen molar-refractivity contribution in [3.05, 3.63) is 11.8 Å². The summed E-state index contributed by atoms with van der Waals surface area (Å²) in [6.45, 7) is 2.72. The topological polar surface area (TPSA) is 75.0 Å². The number of aromatic nitrogens is 2. The normalized spacial score (nSPS) is 15.5. The molecular formula is C9H14N4O. The summed E-state index contributed by atoms with van der Waals surface area (Å²) in [4.78, 5) is 13.7. The standard InChI is InChI=1S/C9H14N4O/c1-2-13(6-3-4-6)9(14)7-5-8(10)12-11-7/h5-6H,2-4H2,1H3,(H3,10,11,12). The fraction of sp³-hybridized carbons (Fsp3) is 0.556. The van der Waals surface area contributed by atoms with Gasteiger partial charge >= 0.3 is 0 Å². The predicted octanol–water partition coefficient (Wildman–Crippen LogP) is 0.616. The second-order valence-corrected chi connectivity index (χ2v) is 3.53. The van der Waals surface area contributed by atoms with Crippen molar-refractivity contribution in [1.82, 2.24) is 15.1 Å². The number of nitrogens with two attached hydrogens (primary N) is 1. The average molecular weight is 194 g/mol. The summed E-state index contributed by atoms with van der Waals surface area (Å²) in [5.74, 6) is 0.361. The van der Waals surface area contributed by atoms with Crippen LogP contribution in [-0.2, 0) is 0 Å². The van der Waals surface area contributed by atoms with Gasteiger partial charge in [-0.15, -0.1) is 0 Å². The lowest BCUT2D eigenvalue weighted by atomic mass is 10.3. The third-order valence-corrected chi connectivity index (χ3v) is 2.42. The Balaban J connectivity index is 2.13. The van der Waals surface area contributed by atoms with Crippen LogP contribution in [0.25, 0.3) is 0 Å². The minimum Gasteiger partial charge on any atom is -0.382 e. The molecule has 1 fully saturated rings. The number of H-pyrrole nitrogens is 1. The zero-order valence-electron chi connectivity index (χ0n) is 8.16. The smallest absolute Gasteiger partial charge is 0.272 e. The van der Waals surface area contributed by atoms with E-state index in [1.165, 1.54) is 0 Å². The highest BCUT2D eigenvalue weighted by Gasteiger charge is 2.32. The molecule has 0 aliphatic heterocycles. The highest BCUT2D eigenvalue weighted by molar-refractivity contribution is 5.93. The molecule has 0 aromatic carbocycles. The lowest BCUT2D eigenvalue weighted by Gasteiger charge is -2.18. The van der Waals surface area contributed by atoms with Crippen molar-refractivity contribution in [2.45, 2.75) is 25.8 Å². The third-order valence-electron chi connectivity index (χ3n) is 2.42. The van der Waals surface area contributed by atoms with Crippen LogP contribution in [0.5, 0.6) is 0 Å². The van der Waals surface area contributed by atoms with Crippen LogP contribution in [0.4, 0.5) is 5.82 Å². The Bertz CT molecular complexity index is 342. The van der Waals surface area contributed by atoms with Gasteiger partial charge in [0.2, 0.25) is 0 Å². The first-order valence-corrected chi connectivity index (χ1v) is 4.84. The molecule has 1 aliphatic carbocycles. The number of aromatic amines is 1. The quantitative estimate of drug-likeness (QED) is 0.740. The lowest BCUT2D eigenvalue weighted by molar-refractivity contribution is 0.0746. The number of nitrogens with one attached hydrogen (secondary N) is 1. The van der Waals surface area contributed by atoms with Crippen LogP contribution in [0.15, 0.2) is 6.07 Å². The van der Waals surface area contributed by atoms with Crippen LogP contribution in [-0.4, -0.2) is 33.6 Å². The van der Waals surface area contributed by atoms with Crippen LogP contribution in [0.2, 0.25) is 0 Å². The summed E-state index contributed by atoms with van der Waals surface area (Å²) < 4.78 is 0. The maximum Gasteiger partial charge on any atom is 0.272 e. The molecule has 1 aromatic heterocycles. The highest BCUT2D eigenvalue weighted by atomic mass is 16.2. The van der Waals surface area contributed by atoms with Gasteiger partial charge in [0, 0.05) is 18.7 Å². The van der Waals surface area contributed by atoms with Gasteiger partial charge in [-0.05, 0) is 19.8 Å². The van der Waals surface area contributed by atoms with E-state index in [0.717, 1.165) is 19.4 Å². The van der Waals surface area contributed by atoms with Gasteiger partial charge in [0.25, 0.3) is 5.91 Å². The molecule has 5 heteroatoms. The molecule has 1 heterocycles. The number of amides is 1. The van der Waals surface area contributed by atoms with E-state index in [0.29, 0.717) is 17.6 Å². The molecule has 5 nitrogen and oxygen atoms in total. The van der Waals surface area contributed by atoms with Crippen molar-refractivity contribution >= 4 is 11.7 Å². The molecule has 0 saturated heterocycles. The summed E-state index contributed by atoms with van der Waals surface area (Å²) in [6, 6.07) is 2.00. The molecule has 0 radical (unpaired) electrons. The Morgan fingerprint density at radius 2 is 2.50 bits per heavy atom. The van der Waals surface area contributed by atoms with E-state index < -0.39 is 0 Å². The molecule has 1 aliphatic rings. The maximum atomic E-state index is 11.9. The minimum atomic E-state index is -0.000741. The molecule has 14 heavy (non-hydrogen) atoms. The van der Waals surface area contributed by atoms with E-state index in [1.54, 1.807) is 6.07 Å². The first kappa shape index (κ1) is 9.05. The second kappa shape index (κ2) is 3.32. The van der Waals surface area contributed by atoms with E-state index in [1.807, 2.05) is 11.8 Å². The van der Waals surface area contributed by atoms with Gasteiger partial charge < -0.3 is 10.6 Å². The maximum absolute atomic E-state index is 11.9. The Hall–Kier alpha value is -1.52. The Labute approximate surface area is 82.3 Å². The number of carbonyl (C=O) groups excluding carboxylic acids is 1. The van der Waals surface area contributed by atoms with E-state index in [-0.39, 0.29) is 5.91 Å². The van der Waals surface area contributed by atoms with Gasteiger partial charge in [-0.1, -0.05) is 0 Å². The molecule has 2 rings (SSSR count). The van der Waals surface area contributed by atoms with Gasteiger partial charge in [-0.2, -0.15) is 5.10 Å². The molecule has 0 spiro atoms. The molecular weight excluding hydrogens is 180 g/mol. The number of nitrogens with zero attached hydrogens (tertiary/aromatic N) is 2. The van der Waals surface area contributed by atoms with Gasteiger partial charge in [-0.3, -0.25) is 9.89 Å². The summed E-state index contributed by atoms with van der Waals surface area (Å²) in [6.07, 6.45) is 2.23. The monoisotopic (exact) mass is 194 g/mol. The molecule has 0 atom stereocenters. The Morgan fingerprint density at radius 1 is 1.79 bits per heavy atom. The summed E-state index contributed by atoms with van der Waals surface area (Å²) in [5, 5.41) is 6.38. The van der Waals surface area contributed by atoms with Crippen molar-refractivity contribution in [3.63, 3.8) is 0 Å². The lowest BCUT2D eigenvalue weighted by Crippen LogP contribution is -2.33. The first-order valence-electron chi connectivity index (χ1n) is 4.84. The van der Waals surface area contributed by atoms with Crippen LogP contribution in [0.1, 0.15) is 30.3 Å². The van der Waals surface area contributed by atoms with Crippen molar-refractivity contribution in [3.8, 4) is 0 Å². The van der Waals surface area contributed by atoms with Crippen LogP contribution in [0, 0.1) is 0 Å². The Morgan fingerprint density at radius 3 is 2.93 bits per heavy atom. The number of rotatable bonds is 3. The summed E-state index contributed by atoms with van der Waals surface area (Å²) in [7, 11) is 0. The first-order chi connectivity index (χ1) is 6.72. The molecule has 0 bridgehead atoms. The van der Waals surface area contributed by atoms with Gasteiger partial charge in [0.1, 0.15) is 11.5 Å². The van der Waals surface area contributed by atoms with Crippen molar-refractivity contribution in [2.75, 3.05) is 12.3 Å². The van der Waals surface area contributed by atoms with Crippen molar-refractivity contribution < 1.29 is 4.79 Å². The molecule has 76 valence electrons. The minimum absolute atomic E-state index is 0.000741. The van der Waals surface area contributed by atoms with E-state index in [4.69, 9.17) is 5.73 Å². The fourth-order valence-electron chi connectivity index (χ4n) is 1.56. The van der Waals surface area contributed by atoms with Crippen molar-refractivity contribution in [2.24, 2.45) is 0 Å². The molecule has 1 aromatic rings. The predicted molar refractivity (Wildman–Crippen MR) is 52.7 cm³/mol. The van der Waals surface area contributed by atoms with Crippen LogP contribution >= 0.6 is 0 Å². The number of anilines is 1. The van der Waals surface area contributed by atoms with Gasteiger partial charge in [-0.25, -0.2) is 0 Å². The van der Waals surface area contributed by atoms with Crippen LogP contribution in [0.3, 0.4) is 0 Å². The molecule has 0 unspecified atom stereocenters. The van der Waals surface area contributed by atoms with E-state index in [2.05, 4.69) is 10.2 Å². The highest BCUT2D eigenvalue weighted by Crippen LogP contribution is 2.27. The molecule has 3 N–H and O–H groups in total. The molecule has 1 saturated carbocycles. The summed E-state index contributed by atoms with van der Waals surface area (Å²) in [5.41, 5.74) is 5.92. The number of hydrogen-bond acceptors (Lipinski definition) is 3. The Kier molecular flexibility index (Phi) is 2.15. The van der Waals surface area contributed by atoms with E-state index in [9.17, 15) is 4.79 Å².